The quantitative estimate of drug-likeness (QED) is 0.540. The largest absolute Gasteiger partial charge is 0.368 e. The number of H-pyrrole nitrogens is 1. The normalized spacial score (nSPS) is 11.7. The van der Waals surface area contributed by atoms with Gasteiger partial charge in [-0.25, -0.2) is 9.97 Å². The summed E-state index contributed by atoms with van der Waals surface area (Å²) in [5.74, 6) is 0.270. The zero-order valence-electron chi connectivity index (χ0n) is 16.8. The number of nitrogens with two attached hydrogens (primary N) is 1. The second-order valence-corrected chi connectivity index (χ2v) is 7.43. The van der Waals surface area contributed by atoms with E-state index in [1.54, 1.807) is 6.20 Å². The van der Waals surface area contributed by atoms with E-state index in [4.69, 9.17) is 5.73 Å². The Kier molecular flexibility index (Phi) is 5.10. The van der Waals surface area contributed by atoms with Gasteiger partial charge in [-0.05, 0) is 62.0 Å². The van der Waals surface area contributed by atoms with Crippen molar-refractivity contribution in [3.05, 3.63) is 71.0 Å². The number of anilines is 1. The monoisotopic (exact) mass is 384 g/mol. The molecule has 146 valence electrons. The third-order valence-corrected chi connectivity index (χ3v) is 4.80. The van der Waals surface area contributed by atoms with Crippen LogP contribution in [0.4, 0.5) is 5.95 Å². The zero-order valence-corrected chi connectivity index (χ0v) is 16.8. The van der Waals surface area contributed by atoms with Gasteiger partial charge in [-0.15, -0.1) is 0 Å². The molecule has 29 heavy (non-hydrogen) atoms. The number of fused-ring (bicyclic) bond motifs is 1. The number of nitrogen functional groups attached to an aromatic ring is 1. The molecule has 4 aromatic rings. The summed E-state index contributed by atoms with van der Waals surface area (Å²) in [6, 6.07) is 14.6. The van der Waals surface area contributed by atoms with Crippen molar-refractivity contribution in [3.8, 4) is 11.3 Å². The SMILES string of the molecule is Cc1cc2c(/C=C/c3ccc(CN(C)C)cc3)n[nH]c2cc1-c1ccnc(N)n1. The van der Waals surface area contributed by atoms with Gasteiger partial charge < -0.3 is 10.6 Å². The molecule has 0 aliphatic carbocycles. The minimum atomic E-state index is 0.270. The molecule has 3 N–H and O–H groups in total. The Morgan fingerprint density at radius 1 is 1.07 bits per heavy atom. The van der Waals surface area contributed by atoms with E-state index in [1.807, 2.05) is 12.1 Å². The lowest BCUT2D eigenvalue weighted by molar-refractivity contribution is 0.402. The Balaban J connectivity index is 1.62. The fourth-order valence-electron chi connectivity index (χ4n) is 3.39. The van der Waals surface area contributed by atoms with E-state index in [9.17, 15) is 0 Å². The van der Waals surface area contributed by atoms with Crippen LogP contribution in [-0.2, 0) is 6.54 Å². The molecule has 6 heteroatoms. The van der Waals surface area contributed by atoms with Crippen LogP contribution in [0.3, 0.4) is 0 Å². The van der Waals surface area contributed by atoms with Crippen LogP contribution in [0.15, 0.2) is 48.7 Å². The summed E-state index contributed by atoms with van der Waals surface area (Å²) >= 11 is 0. The molecule has 0 radical (unpaired) electrons. The Labute approximate surface area is 170 Å². The molecule has 0 bridgehead atoms. The Morgan fingerprint density at radius 2 is 1.86 bits per heavy atom. The molecule has 0 unspecified atom stereocenters. The Bertz CT molecular complexity index is 1170. The lowest BCUT2D eigenvalue weighted by Crippen LogP contribution is -2.10. The van der Waals surface area contributed by atoms with E-state index in [0.29, 0.717) is 0 Å². The molecule has 0 spiro atoms. The maximum Gasteiger partial charge on any atom is 0.220 e. The molecule has 0 fully saturated rings. The van der Waals surface area contributed by atoms with Crippen molar-refractivity contribution in [2.45, 2.75) is 13.5 Å². The standard InChI is InChI=1S/C23H24N6/c1-15-12-19-21(9-8-16-4-6-17(7-5-16)14-29(2)3)27-28-22(19)13-18(15)20-10-11-25-23(24)26-20/h4-13H,14H2,1-3H3,(H,27,28)(H2,24,25,26)/b9-8+. The fraction of sp³-hybridized carbons (Fsp3) is 0.174. The minimum Gasteiger partial charge on any atom is -0.368 e. The number of hydrogen-bond acceptors (Lipinski definition) is 5. The van der Waals surface area contributed by atoms with E-state index in [-0.39, 0.29) is 5.95 Å². The number of nitrogens with zero attached hydrogens (tertiary/aromatic N) is 4. The van der Waals surface area contributed by atoms with E-state index in [0.717, 1.165) is 45.5 Å². The summed E-state index contributed by atoms with van der Waals surface area (Å²) in [6.07, 6.45) is 5.80. The van der Waals surface area contributed by atoms with Crippen molar-refractivity contribution in [2.75, 3.05) is 19.8 Å². The van der Waals surface area contributed by atoms with Crippen LogP contribution in [0.2, 0.25) is 0 Å². The first-order chi connectivity index (χ1) is 14.0. The van der Waals surface area contributed by atoms with Crippen molar-refractivity contribution in [1.82, 2.24) is 25.1 Å². The summed E-state index contributed by atoms with van der Waals surface area (Å²) in [7, 11) is 4.15. The van der Waals surface area contributed by atoms with E-state index in [2.05, 4.69) is 88.6 Å². The Morgan fingerprint density at radius 3 is 2.59 bits per heavy atom. The summed E-state index contributed by atoms with van der Waals surface area (Å²) < 4.78 is 0. The molecule has 0 saturated heterocycles. The highest BCUT2D eigenvalue weighted by atomic mass is 15.1. The highest BCUT2D eigenvalue weighted by molar-refractivity contribution is 5.93. The average Bonchev–Trinajstić information content (AvgIpc) is 3.08. The molecule has 2 heterocycles. The smallest absolute Gasteiger partial charge is 0.220 e. The van der Waals surface area contributed by atoms with Gasteiger partial charge in [0.25, 0.3) is 0 Å². The molecule has 2 aromatic carbocycles. The topological polar surface area (TPSA) is 83.7 Å². The Hall–Kier alpha value is -3.51. The van der Waals surface area contributed by atoms with Crippen LogP contribution in [0.1, 0.15) is 22.4 Å². The molecule has 6 nitrogen and oxygen atoms in total. The van der Waals surface area contributed by atoms with Gasteiger partial charge in [-0.1, -0.05) is 30.3 Å². The van der Waals surface area contributed by atoms with Gasteiger partial charge in [0.15, 0.2) is 0 Å². The number of rotatable bonds is 5. The van der Waals surface area contributed by atoms with Gasteiger partial charge in [-0.3, -0.25) is 5.10 Å². The van der Waals surface area contributed by atoms with Crippen LogP contribution >= 0.6 is 0 Å². The molecule has 0 aliphatic heterocycles. The van der Waals surface area contributed by atoms with E-state index >= 15 is 0 Å². The molecular weight excluding hydrogens is 360 g/mol. The van der Waals surface area contributed by atoms with Crippen molar-refractivity contribution in [3.63, 3.8) is 0 Å². The van der Waals surface area contributed by atoms with Gasteiger partial charge in [0.2, 0.25) is 5.95 Å². The molecule has 4 rings (SSSR count). The number of hydrogen-bond donors (Lipinski definition) is 2. The van der Waals surface area contributed by atoms with Crippen molar-refractivity contribution in [2.24, 2.45) is 0 Å². The fourth-order valence-corrected chi connectivity index (χ4v) is 3.39. The van der Waals surface area contributed by atoms with Crippen molar-refractivity contribution >= 4 is 29.0 Å². The first-order valence-corrected chi connectivity index (χ1v) is 9.49. The van der Waals surface area contributed by atoms with Gasteiger partial charge in [0, 0.05) is 23.7 Å². The van der Waals surface area contributed by atoms with Crippen LogP contribution < -0.4 is 5.73 Å². The van der Waals surface area contributed by atoms with Crippen LogP contribution in [0.25, 0.3) is 34.3 Å². The maximum atomic E-state index is 5.74. The molecule has 2 aromatic heterocycles. The average molecular weight is 384 g/mol. The summed E-state index contributed by atoms with van der Waals surface area (Å²) in [6.45, 7) is 3.00. The van der Waals surface area contributed by atoms with Crippen molar-refractivity contribution in [1.29, 1.82) is 0 Å². The maximum absolute atomic E-state index is 5.74. The molecule has 0 aliphatic rings. The lowest BCUT2D eigenvalue weighted by Gasteiger charge is -2.09. The second kappa shape index (κ2) is 7.85. The minimum absolute atomic E-state index is 0.270. The number of aromatic nitrogens is 4. The van der Waals surface area contributed by atoms with Gasteiger partial charge >= 0.3 is 0 Å². The van der Waals surface area contributed by atoms with Crippen LogP contribution in [0, 0.1) is 6.92 Å². The molecule has 0 atom stereocenters. The zero-order chi connectivity index (χ0) is 20.4. The predicted molar refractivity (Wildman–Crippen MR) is 119 cm³/mol. The van der Waals surface area contributed by atoms with Crippen molar-refractivity contribution < 1.29 is 0 Å². The lowest BCUT2D eigenvalue weighted by atomic mass is 10.0. The molecule has 0 amide bonds. The van der Waals surface area contributed by atoms with Gasteiger partial charge in [-0.2, -0.15) is 5.10 Å². The highest BCUT2D eigenvalue weighted by Gasteiger charge is 2.10. The molecular formula is C23H24N6. The summed E-state index contributed by atoms with van der Waals surface area (Å²) in [5.41, 5.74) is 13.0. The first kappa shape index (κ1) is 18.8. The first-order valence-electron chi connectivity index (χ1n) is 9.49. The second-order valence-electron chi connectivity index (χ2n) is 7.43. The van der Waals surface area contributed by atoms with E-state index < -0.39 is 0 Å². The third-order valence-electron chi connectivity index (χ3n) is 4.80. The highest BCUT2D eigenvalue weighted by Crippen LogP contribution is 2.28. The predicted octanol–water partition coefficient (Wildman–Crippen LogP) is 4.14. The van der Waals surface area contributed by atoms with Gasteiger partial charge in [0.1, 0.15) is 0 Å². The molecule has 0 saturated carbocycles. The number of aromatic amines is 1. The summed E-state index contributed by atoms with van der Waals surface area (Å²) in [5, 5.41) is 8.69. The van der Waals surface area contributed by atoms with Gasteiger partial charge in [0.05, 0.1) is 16.9 Å². The summed E-state index contributed by atoms with van der Waals surface area (Å²) in [4.78, 5) is 10.5. The van der Waals surface area contributed by atoms with E-state index in [1.165, 1.54) is 5.56 Å². The third kappa shape index (κ3) is 4.17. The number of aryl methyl sites for hydroxylation is 1. The number of benzene rings is 2. The van der Waals surface area contributed by atoms with Crippen LogP contribution in [-0.4, -0.2) is 39.2 Å². The number of nitrogens with one attached hydrogen (secondary N) is 1. The van der Waals surface area contributed by atoms with Crippen LogP contribution in [0.5, 0.6) is 0 Å².